The van der Waals surface area contributed by atoms with Crippen LogP contribution in [-0.2, 0) is 25.3 Å². The summed E-state index contributed by atoms with van der Waals surface area (Å²) in [6.07, 6.45) is -0.619. The first-order valence-electron chi connectivity index (χ1n) is 14.2. The van der Waals surface area contributed by atoms with Gasteiger partial charge in [-0.15, -0.1) is 0 Å². The average Bonchev–Trinajstić information content (AvgIpc) is 3.42. The largest absolute Gasteiger partial charge is 0.443 e. The molecule has 1 atom stereocenters. The maximum Gasteiger partial charge on any atom is 0.425 e. The number of imide groups is 1. The minimum atomic E-state index is -2.09. The van der Waals surface area contributed by atoms with E-state index in [-0.39, 0.29) is 17.3 Å². The first-order chi connectivity index (χ1) is 20.9. The summed E-state index contributed by atoms with van der Waals surface area (Å²) in [6, 6.07) is 16.3. The Morgan fingerprint density at radius 1 is 0.822 bits per heavy atom. The fraction of sp³-hybridized carbons (Fsp3) is 0.364. The Morgan fingerprint density at radius 2 is 1.33 bits per heavy atom. The first kappa shape index (κ1) is 33.5. The van der Waals surface area contributed by atoms with E-state index in [4.69, 9.17) is 19.0 Å². The topological polar surface area (TPSA) is 145 Å². The van der Waals surface area contributed by atoms with Crippen molar-refractivity contribution in [2.24, 2.45) is 0 Å². The molecule has 2 heterocycles. The highest BCUT2D eigenvalue weighted by Crippen LogP contribution is 2.35. The highest BCUT2D eigenvalue weighted by Gasteiger charge is 2.37. The molecule has 2 aromatic carbocycles. The molecule has 2 amide bonds. The van der Waals surface area contributed by atoms with Crippen LogP contribution in [0.4, 0.5) is 15.4 Å². The molecule has 2 aromatic heterocycles. The molecule has 11 nitrogen and oxygen atoms in total. The Bertz CT molecular complexity index is 1690. The van der Waals surface area contributed by atoms with Crippen LogP contribution in [0.1, 0.15) is 66.5 Å². The zero-order chi connectivity index (χ0) is 33.3. The van der Waals surface area contributed by atoms with E-state index in [0.717, 1.165) is 11.1 Å². The molecule has 4 aromatic rings. The maximum atomic E-state index is 13.5. The lowest BCUT2D eigenvalue weighted by Gasteiger charge is -2.28. The standard InChI is InChI=1S/C33H38N4O7S/c1-20-10-12-21(13-11-20)24-18-26(44-36-24)27-28(37(29(38)42-31(2,3)4)30(39)43-32(5,6)7)34-19-25(35-27)22-14-16-23(17-15-22)33(8,9)45(40)41/h10-19H,1-9H3,(H,40,41). The van der Waals surface area contributed by atoms with Gasteiger partial charge in [-0.1, -0.05) is 59.3 Å². The summed E-state index contributed by atoms with van der Waals surface area (Å²) in [5.74, 6) is -0.0391. The van der Waals surface area contributed by atoms with E-state index in [1.807, 2.05) is 31.2 Å². The lowest BCUT2D eigenvalue weighted by atomic mass is 10.00. The van der Waals surface area contributed by atoms with Crippen LogP contribution in [0.5, 0.6) is 0 Å². The van der Waals surface area contributed by atoms with E-state index in [9.17, 15) is 18.4 Å². The number of amides is 2. The zero-order valence-corrected chi connectivity index (χ0v) is 27.7. The Labute approximate surface area is 265 Å². The molecule has 0 spiro atoms. The number of carbonyl (C=O) groups excluding carboxylic acids is 2. The van der Waals surface area contributed by atoms with Crippen LogP contribution in [0.3, 0.4) is 0 Å². The summed E-state index contributed by atoms with van der Waals surface area (Å²) in [5.41, 5.74) is 2.18. The minimum absolute atomic E-state index is 0.0379. The van der Waals surface area contributed by atoms with Crippen molar-refractivity contribution in [3.8, 4) is 34.0 Å². The number of rotatable bonds is 6. The van der Waals surface area contributed by atoms with Crippen LogP contribution < -0.4 is 4.90 Å². The molecule has 0 radical (unpaired) electrons. The number of carbonyl (C=O) groups is 2. The van der Waals surface area contributed by atoms with Gasteiger partial charge in [0.15, 0.2) is 28.4 Å². The molecule has 0 saturated carbocycles. The van der Waals surface area contributed by atoms with Gasteiger partial charge in [0.1, 0.15) is 16.9 Å². The highest BCUT2D eigenvalue weighted by molar-refractivity contribution is 7.80. The highest BCUT2D eigenvalue weighted by atomic mass is 32.2. The van der Waals surface area contributed by atoms with Crippen molar-refractivity contribution >= 4 is 29.1 Å². The number of aromatic nitrogens is 3. The van der Waals surface area contributed by atoms with Gasteiger partial charge < -0.3 is 18.5 Å². The monoisotopic (exact) mass is 634 g/mol. The average molecular weight is 635 g/mol. The van der Waals surface area contributed by atoms with E-state index in [0.29, 0.717) is 27.4 Å². The van der Waals surface area contributed by atoms with E-state index in [1.54, 1.807) is 85.7 Å². The first-order valence-corrected chi connectivity index (χ1v) is 15.4. The van der Waals surface area contributed by atoms with E-state index < -0.39 is 39.2 Å². The summed E-state index contributed by atoms with van der Waals surface area (Å²) < 4.78 is 37.5. The van der Waals surface area contributed by atoms with E-state index in [1.165, 1.54) is 6.20 Å². The second-order valence-electron chi connectivity index (χ2n) is 13.0. The molecule has 238 valence electrons. The molecule has 12 heteroatoms. The second kappa shape index (κ2) is 12.5. The van der Waals surface area contributed by atoms with Crippen LogP contribution in [0.2, 0.25) is 0 Å². The predicted molar refractivity (Wildman–Crippen MR) is 172 cm³/mol. The molecule has 1 unspecified atom stereocenters. The van der Waals surface area contributed by atoms with Crippen LogP contribution >= 0.6 is 0 Å². The Hall–Kier alpha value is -4.42. The number of hydrogen-bond donors (Lipinski definition) is 1. The van der Waals surface area contributed by atoms with Crippen molar-refractivity contribution in [2.45, 2.75) is 78.3 Å². The Kier molecular flexibility index (Phi) is 9.32. The molecule has 4 rings (SSSR count). The van der Waals surface area contributed by atoms with Gasteiger partial charge in [-0.3, -0.25) is 0 Å². The SMILES string of the molecule is Cc1ccc(-c2cc(-c3nc(-c4ccc(C(C)(C)S(=O)O)cc4)cnc3N(C(=O)OC(C)(C)C)C(=O)OC(C)(C)C)on2)cc1. The molecule has 1 N–H and O–H groups in total. The van der Waals surface area contributed by atoms with Gasteiger partial charge in [-0.05, 0) is 67.9 Å². The van der Waals surface area contributed by atoms with Gasteiger partial charge >= 0.3 is 12.2 Å². The van der Waals surface area contributed by atoms with E-state index in [2.05, 4.69) is 10.1 Å². The van der Waals surface area contributed by atoms with Gasteiger partial charge in [-0.25, -0.2) is 23.8 Å². The number of benzene rings is 2. The van der Waals surface area contributed by atoms with Crippen molar-refractivity contribution < 1.29 is 32.3 Å². The van der Waals surface area contributed by atoms with E-state index >= 15 is 0 Å². The van der Waals surface area contributed by atoms with Crippen molar-refractivity contribution in [2.75, 3.05) is 4.90 Å². The Morgan fingerprint density at radius 3 is 1.84 bits per heavy atom. The summed E-state index contributed by atoms with van der Waals surface area (Å²) in [7, 11) is 0. The number of nitrogens with zero attached hydrogens (tertiary/aromatic N) is 4. The van der Waals surface area contributed by atoms with Crippen LogP contribution in [0, 0.1) is 6.92 Å². The van der Waals surface area contributed by atoms with Crippen LogP contribution in [0.15, 0.2) is 65.3 Å². The zero-order valence-electron chi connectivity index (χ0n) is 26.9. The smallest absolute Gasteiger partial charge is 0.425 e. The lowest BCUT2D eigenvalue weighted by molar-refractivity contribution is 0.0429. The molecular formula is C33H38N4O7S. The lowest BCUT2D eigenvalue weighted by Crippen LogP contribution is -2.44. The minimum Gasteiger partial charge on any atom is -0.443 e. The normalized spacial score (nSPS) is 12.8. The molecule has 0 bridgehead atoms. The maximum absolute atomic E-state index is 13.5. The molecule has 0 aliphatic rings. The third-order valence-corrected chi connectivity index (χ3v) is 7.63. The number of ether oxygens (including phenoxy) is 2. The van der Waals surface area contributed by atoms with Crippen molar-refractivity contribution in [1.82, 2.24) is 15.1 Å². The fourth-order valence-corrected chi connectivity index (χ4v) is 4.44. The van der Waals surface area contributed by atoms with Crippen molar-refractivity contribution in [3.63, 3.8) is 0 Å². The second-order valence-corrected chi connectivity index (χ2v) is 14.5. The van der Waals surface area contributed by atoms with Gasteiger partial charge in [-0.2, -0.15) is 4.90 Å². The number of anilines is 1. The quantitative estimate of drug-likeness (QED) is 0.208. The third kappa shape index (κ3) is 8.00. The van der Waals surface area contributed by atoms with Gasteiger partial charge in [0.05, 0.1) is 16.6 Å². The van der Waals surface area contributed by atoms with Gasteiger partial charge in [0, 0.05) is 17.2 Å². The summed E-state index contributed by atoms with van der Waals surface area (Å²) in [4.78, 5) is 37.0. The van der Waals surface area contributed by atoms with Crippen molar-refractivity contribution in [3.05, 3.63) is 71.9 Å². The summed E-state index contributed by atoms with van der Waals surface area (Å²) in [5, 5.41) is 4.21. The molecule has 0 saturated heterocycles. The van der Waals surface area contributed by atoms with Crippen molar-refractivity contribution in [1.29, 1.82) is 0 Å². The van der Waals surface area contributed by atoms with Crippen LogP contribution in [0.25, 0.3) is 34.0 Å². The number of aryl methyl sites for hydroxylation is 1. The molecule has 0 aliphatic heterocycles. The Balaban J connectivity index is 1.89. The third-order valence-electron chi connectivity index (χ3n) is 6.52. The molecular weight excluding hydrogens is 596 g/mol. The van der Waals surface area contributed by atoms with Crippen LogP contribution in [-0.4, -0.2) is 47.3 Å². The molecule has 0 aliphatic carbocycles. The van der Waals surface area contributed by atoms with Gasteiger partial charge in [0.25, 0.3) is 0 Å². The summed E-state index contributed by atoms with van der Waals surface area (Å²) in [6.45, 7) is 15.4. The predicted octanol–water partition coefficient (Wildman–Crippen LogP) is 7.91. The number of hydrogen-bond acceptors (Lipinski definition) is 9. The molecule has 45 heavy (non-hydrogen) atoms. The summed E-state index contributed by atoms with van der Waals surface area (Å²) >= 11 is -2.09. The van der Waals surface area contributed by atoms with Gasteiger partial charge in [0.2, 0.25) is 0 Å². The molecule has 0 fully saturated rings. The fourth-order valence-electron chi connectivity index (χ4n) is 4.10.